The number of rotatable bonds is 3. The largest absolute Gasteiger partial charge is 0.478 e. The number of urea groups is 1. The van der Waals surface area contributed by atoms with E-state index >= 15 is 0 Å². The van der Waals surface area contributed by atoms with Crippen molar-refractivity contribution < 1.29 is 19.5 Å². The number of carbonyl (C=O) groups excluding carboxylic acids is 2. The van der Waals surface area contributed by atoms with Crippen LogP contribution in [0.1, 0.15) is 20.8 Å². The van der Waals surface area contributed by atoms with Crippen molar-refractivity contribution in [2.45, 2.75) is 5.54 Å². The highest BCUT2D eigenvalue weighted by molar-refractivity contribution is 7.10. The predicted octanol–water partition coefficient (Wildman–Crippen LogP) is 1.53. The predicted molar refractivity (Wildman–Crippen MR) is 75.2 cm³/mol. The van der Waals surface area contributed by atoms with Crippen molar-refractivity contribution in [2.24, 2.45) is 0 Å². The van der Waals surface area contributed by atoms with Crippen molar-refractivity contribution in [3.05, 3.63) is 57.8 Å². The van der Waals surface area contributed by atoms with Crippen LogP contribution in [-0.2, 0) is 10.3 Å². The first-order chi connectivity index (χ1) is 10.1. The van der Waals surface area contributed by atoms with Gasteiger partial charge in [0.15, 0.2) is 5.54 Å². The number of amides is 3. The molecule has 21 heavy (non-hydrogen) atoms. The Kier molecular flexibility index (Phi) is 2.99. The summed E-state index contributed by atoms with van der Waals surface area (Å²) >= 11 is 1.27. The first-order valence-electron chi connectivity index (χ1n) is 6.06. The van der Waals surface area contributed by atoms with E-state index in [1.165, 1.54) is 23.5 Å². The summed E-state index contributed by atoms with van der Waals surface area (Å²) in [4.78, 5) is 36.0. The zero-order valence-electron chi connectivity index (χ0n) is 10.6. The summed E-state index contributed by atoms with van der Waals surface area (Å²) in [7, 11) is 0. The van der Waals surface area contributed by atoms with Gasteiger partial charge in [-0.15, -0.1) is 11.3 Å². The number of nitrogens with one attached hydrogen (secondary N) is 2. The van der Waals surface area contributed by atoms with Gasteiger partial charge in [-0.05, 0) is 17.5 Å². The lowest BCUT2D eigenvalue weighted by Gasteiger charge is -2.26. The Morgan fingerprint density at radius 3 is 2.48 bits per heavy atom. The number of carboxylic acids is 1. The van der Waals surface area contributed by atoms with Crippen LogP contribution in [0.2, 0.25) is 0 Å². The number of carbonyl (C=O) groups is 3. The third-order valence-electron chi connectivity index (χ3n) is 3.32. The van der Waals surface area contributed by atoms with E-state index in [0.29, 0.717) is 4.88 Å². The molecule has 1 aromatic heterocycles. The second-order valence-electron chi connectivity index (χ2n) is 4.49. The van der Waals surface area contributed by atoms with Gasteiger partial charge >= 0.3 is 12.0 Å². The zero-order valence-corrected chi connectivity index (χ0v) is 11.4. The number of aromatic carboxylic acids is 1. The molecule has 1 unspecified atom stereocenters. The molecule has 1 aromatic carbocycles. The second kappa shape index (κ2) is 4.71. The smallest absolute Gasteiger partial charge is 0.336 e. The molecular formula is C14H10N2O4S. The van der Waals surface area contributed by atoms with Gasteiger partial charge < -0.3 is 10.4 Å². The minimum Gasteiger partial charge on any atom is -0.478 e. The monoisotopic (exact) mass is 302 g/mol. The van der Waals surface area contributed by atoms with Crippen LogP contribution >= 0.6 is 11.3 Å². The van der Waals surface area contributed by atoms with Gasteiger partial charge in [0.2, 0.25) is 0 Å². The zero-order chi connectivity index (χ0) is 15.0. The summed E-state index contributed by atoms with van der Waals surface area (Å²) in [6.45, 7) is 0. The van der Waals surface area contributed by atoms with Crippen LogP contribution in [0.4, 0.5) is 4.79 Å². The minimum atomic E-state index is -1.50. The van der Waals surface area contributed by atoms with Crippen LogP contribution in [-0.4, -0.2) is 23.0 Å². The van der Waals surface area contributed by atoms with Crippen LogP contribution < -0.4 is 10.6 Å². The van der Waals surface area contributed by atoms with E-state index in [4.69, 9.17) is 0 Å². The molecule has 3 N–H and O–H groups in total. The molecule has 106 valence electrons. The SMILES string of the molecule is O=C1NC(=O)C(c2cccs2)(c2ccccc2C(=O)O)N1. The van der Waals surface area contributed by atoms with E-state index in [1.54, 1.807) is 29.6 Å². The molecule has 6 nitrogen and oxygen atoms in total. The van der Waals surface area contributed by atoms with Gasteiger partial charge in [-0.1, -0.05) is 24.3 Å². The van der Waals surface area contributed by atoms with E-state index in [0.717, 1.165) is 0 Å². The van der Waals surface area contributed by atoms with Crippen LogP contribution in [0, 0.1) is 0 Å². The van der Waals surface area contributed by atoms with Crippen molar-refractivity contribution in [1.82, 2.24) is 10.6 Å². The molecule has 1 atom stereocenters. The number of imide groups is 1. The van der Waals surface area contributed by atoms with Crippen molar-refractivity contribution in [2.75, 3.05) is 0 Å². The van der Waals surface area contributed by atoms with Gasteiger partial charge in [0.05, 0.1) is 5.56 Å². The number of thiophene rings is 1. The molecule has 1 aliphatic rings. The molecule has 3 rings (SSSR count). The van der Waals surface area contributed by atoms with Crippen LogP contribution in [0.3, 0.4) is 0 Å². The number of carboxylic acid groups (broad SMARTS) is 1. The molecule has 0 aliphatic carbocycles. The molecule has 1 fully saturated rings. The summed E-state index contributed by atoms with van der Waals surface area (Å²) < 4.78 is 0. The Labute approximate surface area is 123 Å². The summed E-state index contributed by atoms with van der Waals surface area (Å²) in [6.07, 6.45) is 0. The summed E-state index contributed by atoms with van der Waals surface area (Å²) in [5.74, 6) is -1.74. The molecular weight excluding hydrogens is 292 g/mol. The van der Waals surface area contributed by atoms with Crippen LogP contribution in [0.5, 0.6) is 0 Å². The van der Waals surface area contributed by atoms with Gasteiger partial charge in [0.25, 0.3) is 5.91 Å². The van der Waals surface area contributed by atoms with Gasteiger partial charge in [-0.2, -0.15) is 0 Å². The van der Waals surface area contributed by atoms with E-state index in [1.807, 2.05) is 0 Å². The summed E-state index contributed by atoms with van der Waals surface area (Å²) in [5, 5.41) is 15.9. The summed E-state index contributed by atoms with van der Waals surface area (Å²) in [5.41, 5.74) is -1.29. The first kappa shape index (κ1) is 13.3. The average Bonchev–Trinajstić information content (AvgIpc) is 3.07. The van der Waals surface area contributed by atoms with E-state index in [2.05, 4.69) is 10.6 Å². The first-order valence-corrected chi connectivity index (χ1v) is 6.94. The van der Waals surface area contributed by atoms with E-state index < -0.39 is 23.4 Å². The molecule has 0 spiro atoms. The van der Waals surface area contributed by atoms with Crippen LogP contribution in [0.15, 0.2) is 41.8 Å². The minimum absolute atomic E-state index is 0.0248. The molecule has 0 radical (unpaired) electrons. The fourth-order valence-corrected chi connectivity index (χ4v) is 3.33. The van der Waals surface area contributed by atoms with Gasteiger partial charge in [-0.25, -0.2) is 9.59 Å². The number of hydrogen-bond acceptors (Lipinski definition) is 4. The van der Waals surface area contributed by atoms with Gasteiger partial charge in [0, 0.05) is 10.4 Å². The third-order valence-corrected chi connectivity index (χ3v) is 4.31. The van der Waals surface area contributed by atoms with Gasteiger partial charge in [-0.3, -0.25) is 10.1 Å². The van der Waals surface area contributed by atoms with E-state index in [-0.39, 0.29) is 11.1 Å². The molecule has 2 heterocycles. The quantitative estimate of drug-likeness (QED) is 0.749. The molecule has 3 amide bonds. The topological polar surface area (TPSA) is 95.5 Å². The maximum absolute atomic E-state index is 12.4. The van der Waals surface area contributed by atoms with Crippen molar-refractivity contribution in [1.29, 1.82) is 0 Å². The Balaban J connectivity index is 2.30. The Hall–Kier alpha value is -2.67. The fraction of sp³-hybridized carbons (Fsp3) is 0.0714. The molecule has 0 bridgehead atoms. The molecule has 0 saturated carbocycles. The normalized spacial score (nSPS) is 21.0. The standard InChI is InChI=1S/C14H10N2O4S/c17-11(18)8-4-1-2-5-9(8)14(10-6-3-7-21-10)12(19)15-13(20)16-14/h1-7H,(H,17,18)(H2,15,16,19,20). The maximum Gasteiger partial charge on any atom is 0.336 e. The van der Waals surface area contributed by atoms with Crippen molar-refractivity contribution >= 4 is 29.2 Å². The number of benzene rings is 1. The van der Waals surface area contributed by atoms with E-state index in [9.17, 15) is 19.5 Å². The van der Waals surface area contributed by atoms with Crippen molar-refractivity contribution in [3.63, 3.8) is 0 Å². The Morgan fingerprint density at radius 2 is 1.90 bits per heavy atom. The highest BCUT2D eigenvalue weighted by atomic mass is 32.1. The van der Waals surface area contributed by atoms with Gasteiger partial charge in [0.1, 0.15) is 0 Å². The van der Waals surface area contributed by atoms with Crippen molar-refractivity contribution in [3.8, 4) is 0 Å². The molecule has 1 saturated heterocycles. The lowest BCUT2D eigenvalue weighted by atomic mass is 9.85. The number of hydrogen-bond donors (Lipinski definition) is 3. The Bertz CT molecular complexity index is 741. The van der Waals surface area contributed by atoms with Crippen LogP contribution in [0.25, 0.3) is 0 Å². The average molecular weight is 302 g/mol. The highest BCUT2D eigenvalue weighted by Gasteiger charge is 2.51. The Morgan fingerprint density at radius 1 is 1.14 bits per heavy atom. The third kappa shape index (κ3) is 1.90. The molecule has 1 aliphatic heterocycles. The highest BCUT2D eigenvalue weighted by Crippen LogP contribution is 2.37. The maximum atomic E-state index is 12.4. The molecule has 7 heteroatoms. The lowest BCUT2D eigenvalue weighted by molar-refractivity contribution is -0.122. The molecule has 2 aromatic rings. The summed E-state index contributed by atoms with van der Waals surface area (Å²) in [6, 6.07) is 8.93. The lowest BCUT2D eigenvalue weighted by Crippen LogP contribution is -2.45. The fourth-order valence-electron chi connectivity index (χ4n) is 2.44. The second-order valence-corrected chi connectivity index (χ2v) is 5.43.